The maximum Gasteiger partial charge on any atom is 1.00 e. The predicted molar refractivity (Wildman–Crippen MR) is 182 cm³/mol. The van der Waals surface area contributed by atoms with Gasteiger partial charge in [-0.3, -0.25) is 14.6 Å². The minimum absolute atomic E-state index is 0. The van der Waals surface area contributed by atoms with Crippen molar-refractivity contribution in [2.75, 3.05) is 22.9 Å². The SMILES string of the molecule is CC(C)(C)OC(=O)N1CCc2ccc(O)cc21.CC(C)I.CC(C)Oc1ccc2c(c1)N(C(=O)OC(C)(C)C)CC2.O=CO[O-].[Cs+].[Cs+].[H-]. The Bertz CT molecular complexity index is 1270. The van der Waals surface area contributed by atoms with Gasteiger partial charge in [0.2, 0.25) is 0 Å². The average Bonchev–Trinajstić information content (AvgIpc) is 3.50. The van der Waals surface area contributed by atoms with Crippen LogP contribution in [0.3, 0.4) is 0 Å². The van der Waals surface area contributed by atoms with Gasteiger partial charge in [0, 0.05) is 29.1 Å². The third-order valence-electron chi connectivity index (χ3n) is 5.56. The molecule has 254 valence electrons. The first kappa shape index (κ1) is 50.0. The molecule has 2 aliphatic rings. The van der Waals surface area contributed by atoms with Crippen molar-refractivity contribution in [3.8, 4) is 11.5 Å². The van der Waals surface area contributed by atoms with Crippen LogP contribution in [0, 0.1) is 0 Å². The average molecular weight is 1010 g/mol. The van der Waals surface area contributed by atoms with Crippen LogP contribution in [0.5, 0.6) is 11.5 Å². The fourth-order valence-corrected chi connectivity index (χ4v) is 4.09. The number of aromatic hydroxyl groups is 1. The summed E-state index contributed by atoms with van der Waals surface area (Å²) in [4.78, 5) is 38.7. The van der Waals surface area contributed by atoms with E-state index in [1.165, 1.54) is 0 Å². The van der Waals surface area contributed by atoms with Crippen molar-refractivity contribution in [2.45, 2.75) is 103 Å². The second-order valence-electron chi connectivity index (χ2n) is 12.7. The number of amides is 2. The maximum atomic E-state index is 12.2. The van der Waals surface area contributed by atoms with Crippen LogP contribution in [0.15, 0.2) is 36.4 Å². The predicted octanol–water partition coefficient (Wildman–Crippen LogP) is 0.846. The van der Waals surface area contributed by atoms with Crippen LogP contribution in [-0.2, 0) is 32.0 Å². The molecule has 0 aromatic heterocycles. The van der Waals surface area contributed by atoms with Gasteiger partial charge in [-0.1, -0.05) is 48.6 Å². The summed E-state index contributed by atoms with van der Waals surface area (Å²) in [7, 11) is 0. The molecule has 2 aromatic rings. The van der Waals surface area contributed by atoms with E-state index in [1.54, 1.807) is 21.9 Å². The van der Waals surface area contributed by atoms with Gasteiger partial charge in [0.1, 0.15) is 22.7 Å². The molecule has 0 fully saturated rings. The normalized spacial score (nSPS) is 12.6. The number of hydrogen-bond acceptors (Lipinski definition) is 9. The van der Waals surface area contributed by atoms with E-state index >= 15 is 0 Å². The minimum Gasteiger partial charge on any atom is -1.00 e. The molecule has 0 radical (unpaired) electrons. The fourth-order valence-electron chi connectivity index (χ4n) is 4.09. The largest absolute Gasteiger partial charge is 1.00 e. The number of benzene rings is 2. The molecule has 0 bridgehead atoms. The van der Waals surface area contributed by atoms with Gasteiger partial charge < -0.3 is 30.9 Å². The van der Waals surface area contributed by atoms with Gasteiger partial charge in [0.15, 0.2) is 0 Å². The molecule has 47 heavy (non-hydrogen) atoms. The van der Waals surface area contributed by atoms with Crippen molar-refractivity contribution >= 4 is 52.6 Å². The molecule has 2 heterocycles. The minimum atomic E-state index is -0.503. The van der Waals surface area contributed by atoms with Gasteiger partial charge in [-0.05, 0) is 91.5 Å². The van der Waals surface area contributed by atoms with Crippen molar-refractivity contribution in [2.24, 2.45) is 0 Å². The number of rotatable bonds is 3. The first-order chi connectivity index (χ1) is 20.8. The summed E-state index contributed by atoms with van der Waals surface area (Å²) in [6.45, 7) is 20.5. The number of phenols is 1. The zero-order valence-electron chi connectivity index (χ0n) is 31.0. The van der Waals surface area contributed by atoms with Crippen molar-refractivity contribution in [1.82, 2.24) is 0 Å². The summed E-state index contributed by atoms with van der Waals surface area (Å²) in [5.74, 6) is 0.952. The third-order valence-corrected chi connectivity index (χ3v) is 5.56. The van der Waals surface area contributed by atoms with E-state index < -0.39 is 11.2 Å². The molecule has 0 atom stereocenters. The van der Waals surface area contributed by atoms with E-state index in [9.17, 15) is 14.7 Å². The molecule has 4 rings (SSSR count). The molecule has 14 heteroatoms. The number of phenolic OH excluding ortho intramolecular Hbond substituents is 1. The number of fused-ring (bicyclic) bond motifs is 2. The van der Waals surface area contributed by atoms with Gasteiger partial charge in [0.25, 0.3) is 6.47 Å². The Morgan fingerprint density at radius 1 is 0.851 bits per heavy atom. The Balaban J connectivity index is -0.000000660. The summed E-state index contributed by atoms with van der Waals surface area (Å²) in [5, 5.41) is 17.9. The van der Waals surface area contributed by atoms with E-state index in [0.717, 1.165) is 45.0 Å². The van der Waals surface area contributed by atoms with E-state index in [1.807, 2.05) is 79.7 Å². The van der Waals surface area contributed by atoms with Gasteiger partial charge >= 0.3 is 150 Å². The molecule has 0 spiro atoms. The molecule has 11 nitrogen and oxygen atoms in total. The number of hydrogen-bond donors (Lipinski definition) is 1. The van der Waals surface area contributed by atoms with Gasteiger partial charge in [-0.2, -0.15) is 0 Å². The zero-order chi connectivity index (χ0) is 34.5. The fraction of sp³-hybridized carbons (Fsp3) is 0.545. The summed E-state index contributed by atoms with van der Waals surface area (Å²) < 4.78 is 17.3. The van der Waals surface area contributed by atoms with Crippen molar-refractivity contribution in [3.05, 3.63) is 47.5 Å². The van der Waals surface area contributed by atoms with Gasteiger partial charge in [0.05, 0.1) is 17.5 Å². The van der Waals surface area contributed by atoms with Crippen molar-refractivity contribution in [3.63, 3.8) is 0 Å². The number of alkyl halides is 1. The summed E-state index contributed by atoms with van der Waals surface area (Å²) in [5.41, 5.74) is 2.89. The number of anilines is 2. The molecule has 2 aliphatic heterocycles. The Morgan fingerprint density at radius 3 is 1.60 bits per heavy atom. The Kier molecular flexibility index (Phi) is 25.7. The van der Waals surface area contributed by atoms with Crippen LogP contribution in [0.25, 0.3) is 0 Å². The number of carbonyl (C=O) groups is 3. The number of carbonyl (C=O) groups excluding carboxylic acids is 3. The smallest absolute Gasteiger partial charge is 1.00 e. The van der Waals surface area contributed by atoms with Crippen LogP contribution in [0.2, 0.25) is 0 Å². The molecule has 2 amide bonds. The molecular weight excluding hydrogens is 961 g/mol. The molecule has 0 saturated heterocycles. The molecular formula is C33H49Cs2IN2O9. The van der Waals surface area contributed by atoms with Gasteiger partial charge in [-0.15, -0.1) is 0 Å². The van der Waals surface area contributed by atoms with Gasteiger partial charge in [-0.25, -0.2) is 9.59 Å². The van der Waals surface area contributed by atoms with Crippen LogP contribution in [0.4, 0.5) is 21.0 Å². The van der Waals surface area contributed by atoms with Crippen LogP contribution < -0.4 is 158 Å². The summed E-state index contributed by atoms with van der Waals surface area (Å²) in [6.07, 6.45) is 1.12. The first-order valence-electron chi connectivity index (χ1n) is 14.8. The third kappa shape index (κ3) is 20.5. The summed E-state index contributed by atoms with van der Waals surface area (Å²) in [6, 6.07) is 11.0. The zero-order valence-corrected chi connectivity index (χ0v) is 44.7. The number of nitrogens with zero attached hydrogens (tertiary/aromatic N) is 2. The van der Waals surface area contributed by atoms with Crippen LogP contribution in [0.1, 0.15) is 81.8 Å². The Labute approximate surface area is 412 Å². The monoisotopic (exact) mass is 1010 g/mol. The molecule has 2 aromatic carbocycles. The maximum absolute atomic E-state index is 12.2. The second-order valence-corrected chi connectivity index (χ2v) is 15.2. The second kappa shape index (κ2) is 24.2. The van der Waals surface area contributed by atoms with Crippen LogP contribution in [-0.4, -0.2) is 58.1 Å². The number of ether oxygens (including phenoxy) is 3. The Hall–Kier alpha value is 0.844. The van der Waals surface area contributed by atoms with Crippen molar-refractivity contribution in [1.29, 1.82) is 0 Å². The Morgan fingerprint density at radius 2 is 1.23 bits per heavy atom. The summed E-state index contributed by atoms with van der Waals surface area (Å²) >= 11 is 2.34. The van der Waals surface area contributed by atoms with E-state index in [4.69, 9.17) is 24.3 Å². The number of halogens is 1. The molecule has 0 unspecified atom stereocenters. The standard InChI is InChI=1S/C16H23NO3.C13H17NO3.C3H7I.CH2O3.2Cs.H/c1-11(2)19-13-7-6-12-8-9-17(14(12)10-13)15(18)20-16(3,4)5;1-13(2,3)17-12(16)14-7-6-9-4-5-10(15)8-11(9)14;1-3(2)4;2-1-4-3;;;/h6-7,10-11H,8-9H2,1-5H3;4-5,8,15H,6-7H2,1-3H3;3H,1-2H3;1,3H;;;/q;;;;2*+1;-1/p-1. The first-order valence-corrected chi connectivity index (χ1v) is 16.0. The quantitative estimate of drug-likeness (QED) is 0.156. The van der Waals surface area contributed by atoms with E-state index in [-0.39, 0.29) is 170 Å². The molecule has 0 saturated carbocycles. The topological polar surface area (TPSA) is 138 Å². The van der Waals surface area contributed by atoms with E-state index in [2.05, 4.69) is 41.3 Å². The van der Waals surface area contributed by atoms with E-state index in [0.29, 0.717) is 13.1 Å². The molecule has 0 aliphatic carbocycles. The molecule has 1 N–H and O–H groups in total. The van der Waals surface area contributed by atoms with Crippen molar-refractivity contribution < 1.29 is 183 Å². The van der Waals surface area contributed by atoms with Crippen LogP contribution >= 0.6 is 22.6 Å².